The zero-order valence-electron chi connectivity index (χ0n) is 15.3. The first kappa shape index (κ1) is 18.2. The number of benzene rings is 1. The standard InChI is InChI=1S/C20H27N3OS/c1-14(2)18-11-16(21-22-18)13-23-10-6-7-15(12-23)20(24)17-8-4-5-9-19(17)25-3/h4-5,8-9,11,14-15H,6-7,10,12-13H2,1-3H3,(H,21,22)/t15-/m1/s1. The van der Waals surface area contributed by atoms with E-state index in [9.17, 15) is 4.79 Å². The fourth-order valence-corrected chi connectivity index (χ4v) is 4.08. The highest BCUT2D eigenvalue weighted by atomic mass is 32.2. The van der Waals surface area contributed by atoms with Crippen LogP contribution in [-0.4, -0.2) is 40.2 Å². The van der Waals surface area contributed by atoms with Gasteiger partial charge in [-0.25, -0.2) is 0 Å². The number of rotatable bonds is 6. The number of nitrogens with zero attached hydrogens (tertiary/aromatic N) is 2. The van der Waals surface area contributed by atoms with Gasteiger partial charge in [-0.05, 0) is 43.7 Å². The molecule has 0 saturated carbocycles. The summed E-state index contributed by atoms with van der Waals surface area (Å²) in [5, 5.41) is 7.53. The molecule has 4 nitrogen and oxygen atoms in total. The van der Waals surface area contributed by atoms with Crippen LogP contribution in [0.2, 0.25) is 0 Å². The number of aromatic nitrogens is 2. The lowest BCUT2D eigenvalue weighted by molar-refractivity contribution is 0.0807. The van der Waals surface area contributed by atoms with Gasteiger partial charge in [0.2, 0.25) is 0 Å². The summed E-state index contributed by atoms with van der Waals surface area (Å²) >= 11 is 1.65. The molecule has 5 heteroatoms. The minimum absolute atomic E-state index is 0.0922. The molecule has 1 saturated heterocycles. The number of ketones is 1. The van der Waals surface area contributed by atoms with Gasteiger partial charge in [-0.2, -0.15) is 5.10 Å². The molecule has 2 aromatic rings. The number of piperidine rings is 1. The Balaban J connectivity index is 1.67. The van der Waals surface area contributed by atoms with Crippen LogP contribution in [0.25, 0.3) is 0 Å². The highest BCUT2D eigenvalue weighted by Gasteiger charge is 2.28. The molecular weight excluding hydrogens is 330 g/mol. The van der Waals surface area contributed by atoms with E-state index in [-0.39, 0.29) is 5.92 Å². The molecule has 0 amide bonds. The molecule has 25 heavy (non-hydrogen) atoms. The van der Waals surface area contributed by atoms with Crippen LogP contribution in [0.4, 0.5) is 0 Å². The molecule has 1 fully saturated rings. The number of hydrogen-bond donors (Lipinski definition) is 1. The van der Waals surface area contributed by atoms with Crippen molar-refractivity contribution < 1.29 is 4.79 Å². The third-order valence-electron chi connectivity index (χ3n) is 4.88. The molecule has 0 radical (unpaired) electrons. The van der Waals surface area contributed by atoms with Gasteiger partial charge < -0.3 is 0 Å². The average Bonchev–Trinajstić information content (AvgIpc) is 3.10. The van der Waals surface area contributed by atoms with Crippen LogP contribution >= 0.6 is 11.8 Å². The van der Waals surface area contributed by atoms with Crippen LogP contribution in [0.15, 0.2) is 35.2 Å². The molecule has 0 aliphatic carbocycles. The molecule has 1 aromatic carbocycles. The zero-order chi connectivity index (χ0) is 17.8. The van der Waals surface area contributed by atoms with E-state index in [2.05, 4.69) is 35.0 Å². The molecule has 1 aromatic heterocycles. The molecule has 0 spiro atoms. The van der Waals surface area contributed by atoms with Crippen LogP contribution in [0.1, 0.15) is 54.4 Å². The second-order valence-corrected chi connectivity index (χ2v) is 7.96. The number of carbonyl (C=O) groups is 1. The van der Waals surface area contributed by atoms with Crippen molar-refractivity contribution >= 4 is 17.5 Å². The number of hydrogen-bond acceptors (Lipinski definition) is 4. The van der Waals surface area contributed by atoms with Gasteiger partial charge in [0.25, 0.3) is 0 Å². The zero-order valence-corrected chi connectivity index (χ0v) is 16.1. The van der Waals surface area contributed by atoms with Crippen molar-refractivity contribution in [2.24, 2.45) is 5.92 Å². The molecule has 0 bridgehead atoms. The van der Waals surface area contributed by atoms with Gasteiger partial charge in [0, 0.05) is 35.2 Å². The Morgan fingerprint density at radius 2 is 2.20 bits per heavy atom. The van der Waals surface area contributed by atoms with Gasteiger partial charge in [0.1, 0.15) is 0 Å². The third-order valence-corrected chi connectivity index (χ3v) is 5.68. The molecule has 1 N–H and O–H groups in total. The predicted octanol–water partition coefficient (Wildman–Crippen LogP) is 4.35. The topological polar surface area (TPSA) is 49.0 Å². The Bertz CT molecular complexity index is 725. The first-order chi connectivity index (χ1) is 12.1. The molecule has 3 rings (SSSR count). The third kappa shape index (κ3) is 4.33. The van der Waals surface area contributed by atoms with E-state index in [0.717, 1.165) is 54.3 Å². The Morgan fingerprint density at radius 3 is 2.92 bits per heavy atom. The van der Waals surface area contributed by atoms with E-state index < -0.39 is 0 Å². The van der Waals surface area contributed by atoms with Crippen LogP contribution in [0.3, 0.4) is 0 Å². The summed E-state index contributed by atoms with van der Waals surface area (Å²) in [7, 11) is 0. The largest absolute Gasteiger partial charge is 0.297 e. The molecule has 1 aliphatic rings. The Labute approximate surface area is 154 Å². The molecule has 1 atom stereocenters. The Kier molecular flexibility index (Phi) is 5.97. The van der Waals surface area contributed by atoms with Crippen LogP contribution < -0.4 is 0 Å². The lowest BCUT2D eigenvalue weighted by atomic mass is 9.90. The second-order valence-electron chi connectivity index (χ2n) is 7.11. The summed E-state index contributed by atoms with van der Waals surface area (Å²) in [5.74, 6) is 0.820. The first-order valence-corrected chi connectivity index (χ1v) is 10.2. The molecule has 1 aliphatic heterocycles. The van der Waals surface area contributed by atoms with Gasteiger partial charge in [-0.1, -0.05) is 32.0 Å². The number of carbonyl (C=O) groups excluding carboxylic acids is 1. The quantitative estimate of drug-likeness (QED) is 0.617. The maximum atomic E-state index is 13.0. The SMILES string of the molecule is CSc1ccccc1C(=O)[C@@H]1CCCN(Cc2cc(C(C)C)n[nH]2)C1. The summed E-state index contributed by atoms with van der Waals surface area (Å²) in [6.07, 6.45) is 4.09. The van der Waals surface area contributed by atoms with Crippen molar-refractivity contribution in [2.75, 3.05) is 19.3 Å². The van der Waals surface area contributed by atoms with E-state index in [0.29, 0.717) is 11.7 Å². The smallest absolute Gasteiger partial charge is 0.168 e. The highest BCUT2D eigenvalue weighted by molar-refractivity contribution is 7.98. The van der Waals surface area contributed by atoms with E-state index >= 15 is 0 Å². The van der Waals surface area contributed by atoms with Crippen molar-refractivity contribution in [2.45, 2.75) is 44.0 Å². The maximum absolute atomic E-state index is 13.0. The monoisotopic (exact) mass is 357 g/mol. The number of H-pyrrole nitrogens is 1. The van der Waals surface area contributed by atoms with E-state index in [1.807, 2.05) is 30.5 Å². The summed E-state index contributed by atoms with van der Waals surface area (Å²) in [4.78, 5) is 16.5. The minimum atomic E-state index is 0.0922. The lowest BCUT2D eigenvalue weighted by Crippen LogP contribution is -2.38. The second kappa shape index (κ2) is 8.19. The number of likely N-dealkylation sites (tertiary alicyclic amines) is 1. The molecule has 2 heterocycles. The van der Waals surface area contributed by atoms with Gasteiger partial charge in [-0.3, -0.25) is 14.8 Å². The molecular formula is C20H27N3OS. The van der Waals surface area contributed by atoms with Crippen LogP contribution in [0.5, 0.6) is 0 Å². The predicted molar refractivity (Wildman–Crippen MR) is 103 cm³/mol. The maximum Gasteiger partial charge on any atom is 0.168 e. The van der Waals surface area contributed by atoms with Gasteiger partial charge in [0.05, 0.1) is 5.69 Å². The Morgan fingerprint density at radius 1 is 1.40 bits per heavy atom. The van der Waals surface area contributed by atoms with E-state index in [4.69, 9.17) is 0 Å². The van der Waals surface area contributed by atoms with E-state index in [1.54, 1.807) is 11.8 Å². The summed E-state index contributed by atoms with van der Waals surface area (Å²) in [5.41, 5.74) is 3.13. The first-order valence-electron chi connectivity index (χ1n) is 9.02. The highest BCUT2D eigenvalue weighted by Crippen LogP contribution is 2.27. The van der Waals surface area contributed by atoms with Gasteiger partial charge >= 0.3 is 0 Å². The molecule has 0 unspecified atom stereocenters. The fourth-order valence-electron chi connectivity index (χ4n) is 3.48. The fraction of sp³-hybridized carbons (Fsp3) is 0.500. The van der Waals surface area contributed by atoms with Gasteiger partial charge in [0.15, 0.2) is 5.78 Å². The van der Waals surface area contributed by atoms with Crippen LogP contribution in [-0.2, 0) is 6.54 Å². The number of Topliss-reactive ketones (excluding diaryl/α,β-unsaturated/α-hetero) is 1. The van der Waals surface area contributed by atoms with Crippen molar-refractivity contribution in [1.29, 1.82) is 0 Å². The van der Waals surface area contributed by atoms with E-state index in [1.165, 1.54) is 0 Å². The number of thioether (sulfide) groups is 1. The number of nitrogens with one attached hydrogen (secondary N) is 1. The van der Waals surface area contributed by atoms with Crippen LogP contribution in [0, 0.1) is 5.92 Å². The number of aromatic amines is 1. The Hall–Kier alpha value is -1.59. The summed E-state index contributed by atoms with van der Waals surface area (Å²) < 4.78 is 0. The van der Waals surface area contributed by atoms with Crippen molar-refractivity contribution in [3.63, 3.8) is 0 Å². The van der Waals surface area contributed by atoms with Crippen molar-refractivity contribution in [1.82, 2.24) is 15.1 Å². The normalized spacial score (nSPS) is 18.6. The molecule has 134 valence electrons. The van der Waals surface area contributed by atoms with Crippen molar-refractivity contribution in [3.05, 3.63) is 47.3 Å². The summed E-state index contributed by atoms with van der Waals surface area (Å²) in [6.45, 7) is 7.02. The lowest BCUT2D eigenvalue weighted by Gasteiger charge is -2.31. The van der Waals surface area contributed by atoms with Crippen molar-refractivity contribution in [3.8, 4) is 0 Å². The summed E-state index contributed by atoms with van der Waals surface area (Å²) in [6, 6.07) is 10.1. The van der Waals surface area contributed by atoms with Gasteiger partial charge in [-0.15, -0.1) is 11.8 Å². The minimum Gasteiger partial charge on any atom is -0.297 e. The average molecular weight is 358 g/mol.